The van der Waals surface area contributed by atoms with Crippen molar-refractivity contribution in [2.75, 3.05) is 22.5 Å². The largest absolute Gasteiger partial charge is 0.354 e. The van der Waals surface area contributed by atoms with Crippen molar-refractivity contribution in [1.29, 1.82) is 0 Å². The van der Waals surface area contributed by atoms with E-state index in [0.717, 1.165) is 48.1 Å². The minimum absolute atomic E-state index is 0.227. The molecule has 6 aliphatic carbocycles. The number of rotatable bonds is 7. The maximum absolute atomic E-state index is 4.86. The van der Waals surface area contributed by atoms with Gasteiger partial charge in [-0.1, -0.05) is 19.3 Å². The van der Waals surface area contributed by atoms with Gasteiger partial charge >= 0.3 is 0 Å². The summed E-state index contributed by atoms with van der Waals surface area (Å²) in [6.07, 6.45) is 18.9. The summed E-state index contributed by atoms with van der Waals surface area (Å²) in [5, 5.41) is 11.0. The molecule has 6 fully saturated rings. The Labute approximate surface area is 180 Å². The van der Waals surface area contributed by atoms with Crippen molar-refractivity contribution < 1.29 is 0 Å². The molecule has 1 heterocycles. The molecule has 0 aromatic carbocycles. The predicted molar refractivity (Wildman–Crippen MR) is 121 cm³/mol. The molecule has 0 spiro atoms. The molecule has 6 aliphatic rings. The Balaban J connectivity index is 1.20. The van der Waals surface area contributed by atoms with Crippen molar-refractivity contribution >= 4 is 17.8 Å². The topological polar surface area (TPSA) is 74.8 Å². The molecular weight excluding hydrogens is 372 g/mol. The molecule has 0 amide bonds. The lowest BCUT2D eigenvalue weighted by Crippen LogP contribution is -2.55. The van der Waals surface area contributed by atoms with Gasteiger partial charge in [-0.2, -0.15) is 15.0 Å². The molecule has 0 aliphatic heterocycles. The fourth-order valence-corrected chi connectivity index (χ4v) is 7.44. The number of nitrogens with one attached hydrogen (secondary N) is 3. The van der Waals surface area contributed by atoms with Gasteiger partial charge in [0, 0.05) is 18.1 Å². The highest BCUT2D eigenvalue weighted by molar-refractivity contribution is 5.44. The highest BCUT2D eigenvalue weighted by atomic mass is 15.3. The van der Waals surface area contributed by atoms with Crippen LogP contribution >= 0.6 is 0 Å². The molecule has 0 saturated heterocycles. The molecule has 6 saturated carbocycles. The Morgan fingerprint density at radius 3 is 1.97 bits per heavy atom. The van der Waals surface area contributed by atoms with E-state index in [1.165, 1.54) is 89.9 Å². The zero-order valence-electron chi connectivity index (χ0n) is 18.3. The third-order valence-corrected chi connectivity index (χ3v) is 8.76. The van der Waals surface area contributed by atoms with Crippen LogP contribution in [0, 0.1) is 23.7 Å². The lowest BCUT2D eigenvalue weighted by molar-refractivity contribution is 0.0103. The van der Waals surface area contributed by atoms with Crippen molar-refractivity contribution in [1.82, 2.24) is 15.0 Å². The third kappa shape index (κ3) is 3.99. The first-order chi connectivity index (χ1) is 14.7. The Morgan fingerprint density at radius 1 is 0.700 bits per heavy atom. The van der Waals surface area contributed by atoms with Crippen LogP contribution in [0.1, 0.15) is 89.9 Å². The second-order valence-corrected chi connectivity index (χ2v) is 11.3. The van der Waals surface area contributed by atoms with Crippen LogP contribution in [0.2, 0.25) is 0 Å². The predicted octanol–water partition coefficient (Wildman–Crippen LogP) is 5.21. The quantitative estimate of drug-likeness (QED) is 0.573. The van der Waals surface area contributed by atoms with Gasteiger partial charge in [0.1, 0.15) is 0 Å². The number of anilines is 3. The number of hydrogen-bond donors (Lipinski definition) is 3. The molecule has 0 atom stereocenters. The molecular formula is C24H38N6. The first-order valence-corrected chi connectivity index (χ1v) is 12.8. The molecule has 6 heteroatoms. The monoisotopic (exact) mass is 410 g/mol. The highest BCUT2D eigenvalue weighted by Crippen LogP contribution is 2.56. The summed E-state index contributed by atoms with van der Waals surface area (Å²) in [6.45, 7) is 0.990. The summed E-state index contributed by atoms with van der Waals surface area (Å²) in [5.74, 6) is 5.82. The maximum Gasteiger partial charge on any atom is 0.229 e. The zero-order chi connectivity index (χ0) is 20.0. The maximum atomic E-state index is 4.86. The average Bonchev–Trinajstić information content (AvgIpc) is 2.68. The molecule has 1 aromatic rings. The van der Waals surface area contributed by atoms with Crippen LogP contribution in [0.15, 0.2) is 0 Å². The van der Waals surface area contributed by atoms with E-state index in [1.54, 1.807) is 0 Å². The number of nitrogens with zero attached hydrogens (tertiary/aromatic N) is 3. The number of hydrogen-bond acceptors (Lipinski definition) is 6. The van der Waals surface area contributed by atoms with E-state index in [1.807, 2.05) is 0 Å². The first kappa shape index (κ1) is 19.1. The Bertz CT molecular complexity index is 719. The van der Waals surface area contributed by atoms with Crippen molar-refractivity contribution in [2.45, 2.75) is 101 Å². The second kappa shape index (κ2) is 7.83. The molecule has 6 nitrogen and oxygen atoms in total. The SMILES string of the molecule is C1CCC(CNc2nc(NC3CCC3)nc(NC34CC5CC(CC(C5)C3)C4)n2)CC1. The van der Waals surface area contributed by atoms with Crippen LogP contribution in [0.4, 0.5) is 17.8 Å². The molecule has 0 radical (unpaired) electrons. The fraction of sp³-hybridized carbons (Fsp3) is 0.875. The number of aromatic nitrogens is 3. The van der Waals surface area contributed by atoms with Crippen LogP contribution in [-0.2, 0) is 0 Å². The van der Waals surface area contributed by atoms with Gasteiger partial charge in [0.2, 0.25) is 17.8 Å². The lowest BCUT2D eigenvalue weighted by Gasteiger charge is -2.56. The van der Waals surface area contributed by atoms with E-state index >= 15 is 0 Å². The minimum Gasteiger partial charge on any atom is -0.354 e. The van der Waals surface area contributed by atoms with Gasteiger partial charge in [0.15, 0.2) is 0 Å². The average molecular weight is 411 g/mol. The van der Waals surface area contributed by atoms with Gasteiger partial charge in [0.05, 0.1) is 0 Å². The standard InChI is InChI=1S/C24H38N6/c1-2-5-16(6-3-1)15-25-21-27-22(26-20-7-4-8-20)29-23(28-21)30-24-12-17-9-18(13-24)11-19(10-17)14-24/h16-20H,1-15H2,(H3,25,26,27,28,29,30). The summed E-state index contributed by atoms with van der Waals surface area (Å²) in [4.78, 5) is 14.5. The molecule has 3 N–H and O–H groups in total. The van der Waals surface area contributed by atoms with Gasteiger partial charge in [-0.15, -0.1) is 0 Å². The van der Waals surface area contributed by atoms with E-state index < -0.39 is 0 Å². The van der Waals surface area contributed by atoms with Gasteiger partial charge in [-0.3, -0.25) is 0 Å². The zero-order valence-corrected chi connectivity index (χ0v) is 18.3. The summed E-state index contributed by atoms with van der Waals surface area (Å²) < 4.78 is 0. The van der Waals surface area contributed by atoms with Crippen LogP contribution < -0.4 is 16.0 Å². The molecule has 4 bridgehead atoms. The summed E-state index contributed by atoms with van der Waals surface area (Å²) in [5.41, 5.74) is 0.227. The summed E-state index contributed by atoms with van der Waals surface area (Å²) in [7, 11) is 0. The van der Waals surface area contributed by atoms with Crippen LogP contribution in [-0.4, -0.2) is 33.1 Å². The van der Waals surface area contributed by atoms with Crippen molar-refractivity contribution in [3.8, 4) is 0 Å². The van der Waals surface area contributed by atoms with E-state index in [4.69, 9.17) is 15.0 Å². The van der Waals surface area contributed by atoms with Crippen molar-refractivity contribution in [2.24, 2.45) is 23.7 Å². The second-order valence-electron chi connectivity index (χ2n) is 11.3. The van der Waals surface area contributed by atoms with E-state index in [0.29, 0.717) is 6.04 Å². The molecule has 30 heavy (non-hydrogen) atoms. The third-order valence-electron chi connectivity index (χ3n) is 8.76. The Morgan fingerprint density at radius 2 is 1.33 bits per heavy atom. The van der Waals surface area contributed by atoms with E-state index in [2.05, 4.69) is 16.0 Å². The molecule has 7 rings (SSSR count). The highest BCUT2D eigenvalue weighted by Gasteiger charge is 2.51. The Hall–Kier alpha value is -1.59. The van der Waals surface area contributed by atoms with Gasteiger partial charge in [-0.25, -0.2) is 0 Å². The summed E-state index contributed by atoms with van der Waals surface area (Å²) in [6, 6.07) is 0.533. The summed E-state index contributed by atoms with van der Waals surface area (Å²) >= 11 is 0. The lowest BCUT2D eigenvalue weighted by atomic mass is 9.53. The van der Waals surface area contributed by atoms with E-state index in [9.17, 15) is 0 Å². The Kier molecular flexibility index (Phi) is 4.99. The van der Waals surface area contributed by atoms with Crippen LogP contribution in [0.5, 0.6) is 0 Å². The molecule has 0 unspecified atom stereocenters. The smallest absolute Gasteiger partial charge is 0.229 e. The van der Waals surface area contributed by atoms with Gasteiger partial charge in [-0.05, 0) is 94.3 Å². The van der Waals surface area contributed by atoms with Crippen LogP contribution in [0.25, 0.3) is 0 Å². The van der Waals surface area contributed by atoms with Crippen molar-refractivity contribution in [3.05, 3.63) is 0 Å². The van der Waals surface area contributed by atoms with Crippen molar-refractivity contribution in [3.63, 3.8) is 0 Å². The molecule has 1 aromatic heterocycles. The first-order valence-electron chi connectivity index (χ1n) is 12.8. The minimum atomic E-state index is 0.227. The molecule has 164 valence electrons. The van der Waals surface area contributed by atoms with Gasteiger partial charge < -0.3 is 16.0 Å². The van der Waals surface area contributed by atoms with E-state index in [-0.39, 0.29) is 5.54 Å². The normalized spacial score (nSPS) is 35.8. The van der Waals surface area contributed by atoms with Gasteiger partial charge in [0.25, 0.3) is 0 Å². The van der Waals surface area contributed by atoms with Crippen LogP contribution in [0.3, 0.4) is 0 Å². The fourth-order valence-electron chi connectivity index (χ4n) is 7.44.